The van der Waals surface area contributed by atoms with Gasteiger partial charge < -0.3 is 15.2 Å². The maximum Gasteiger partial charge on any atom is 0.122 e. The van der Waals surface area contributed by atoms with Crippen LogP contribution in [-0.4, -0.2) is 31.4 Å². The van der Waals surface area contributed by atoms with Crippen LogP contribution < -0.4 is 10.1 Å². The smallest absolute Gasteiger partial charge is 0.122 e. The van der Waals surface area contributed by atoms with Gasteiger partial charge in [-0.1, -0.05) is 31.5 Å². The molecule has 2 N–H and O–H groups in total. The van der Waals surface area contributed by atoms with E-state index >= 15 is 0 Å². The van der Waals surface area contributed by atoms with E-state index in [9.17, 15) is 5.11 Å². The fraction of sp³-hybridized carbons (Fsp3) is 0.600. The third kappa shape index (κ3) is 4.31. The molecule has 102 valence electrons. The molecule has 3 nitrogen and oxygen atoms in total. The molecule has 0 spiro atoms. The Kier molecular flexibility index (Phi) is 6.16. The fourth-order valence-corrected chi connectivity index (χ4v) is 2.01. The molecule has 3 heteroatoms. The summed E-state index contributed by atoms with van der Waals surface area (Å²) >= 11 is 0. The van der Waals surface area contributed by atoms with E-state index in [1.165, 1.54) is 11.1 Å². The van der Waals surface area contributed by atoms with Crippen LogP contribution in [-0.2, 0) is 6.42 Å². The summed E-state index contributed by atoms with van der Waals surface area (Å²) in [6.07, 6.45) is 0.911. The second-order valence-electron chi connectivity index (χ2n) is 5.05. The maximum atomic E-state index is 9.25. The van der Waals surface area contributed by atoms with Gasteiger partial charge in [-0.15, -0.1) is 0 Å². The van der Waals surface area contributed by atoms with Gasteiger partial charge in [-0.25, -0.2) is 0 Å². The quantitative estimate of drug-likeness (QED) is 0.780. The minimum absolute atomic E-state index is 0.167. The topological polar surface area (TPSA) is 41.5 Å². The first-order valence-electron chi connectivity index (χ1n) is 6.56. The molecular formula is C15H25NO2. The monoisotopic (exact) mass is 251 g/mol. The second-order valence-corrected chi connectivity index (χ2v) is 5.05. The van der Waals surface area contributed by atoms with Crippen LogP contribution in [0.3, 0.4) is 0 Å². The Hall–Kier alpha value is -1.06. The first-order chi connectivity index (χ1) is 8.58. The summed E-state index contributed by atoms with van der Waals surface area (Å²) in [7, 11) is 1.70. The summed E-state index contributed by atoms with van der Waals surface area (Å²) in [4.78, 5) is 0. The van der Waals surface area contributed by atoms with Gasteiger partial charge in [0.05, 0.1) is 13.7 Å². The van der Waals surface area contributed by atoms with Crippen LogP contribution in [0.5, 0.6) is 5.75 Å². The molecule has 0 amide bonds. The zero-order valence-corrected chi connectivity index (χ0v) is 11.9. The number of rotatable bonds is 7. The van der Waals surface area contributed by atoms with Gasteiger partial charge in [0.2, 0.25) is 0 Å². The SMILES string of the molecule is COc1ccc(C)cc1CCNC(CO)C(C)C. The van der Waals surface area contributed by atoms with E-state index in [-0.39, 0.29) is 12.6 Å². The maximum absolute atomic E-state index is 9.25. The molecular weight excluding hydrogens is 226 g/mol. The Morgan fingerprint density at radius 3 is 2.61 bits per heavy atom. The highest BCUT2D eigenvalue weighted by Gasteiger charge is 2.11. The molecule has 0 radical (unpaired) electrons. The van der Waals surface area contributed by atoms with E-state index in [0.717, 1.165) is 18.7 Å². The third-order valence-corrected chi connectivity index (χ3v) is 3.24. The van der Waals surface area contributed by atoms with Crippen molar-refractivity contribution < 1.29 is 9.84 Å². The summed E-state index contributed by atoms with van der Waals surface area (Å²) < 4.78 is 5.35. The summed E-state index contributed by atoms with van der Waals surface area (Å²) in [6, 6.07) is 6.39. The normalized spacial score (nSPS) is 12.8. The lowest BCUT2D eigenvalue weighted by Crippen LogP contribution is -2.38. The minimum Gasteiger partial charge on any atom is -0.496 e. The molecule has 0 saturated carbocycles. The van der Waals surface area contributed by atoms with Gasteiger partial charge in [0, 0.05) is 6.04 Å². The lowest BCUT2D eigenvalue weighted by molar-refractivity contribution is 0.211. The number of aryl methyl sites for hydroxylation is 1. The molecule has 0 saturated heterocycles. The van der Waals surface area contributed by atoms with Crippen molar-refractivity contribution in [1.82, 2.24) is 5.32 Å². The van der Waals surface area contributed by atoms with Crippen LogP contribution in [0.15, 0.2) is 18.2 Å². The summed E-state index contributed by atoms with van der Waals surface area (Å²) in [6.45, 7) is 7.34. The standard InChI is InChI=1S/C15H25NO2/c1-11(2)14(10-17)16-8-7-13-9-12(3)5-6-15(13)18-4/h5-6,9,11,14,16-17H,7-8,10H2,1-4H3. The summed E-state index contributed by atoms with van der Waals surface area (Å²) in [5.74, 6) is 1.38. The third-order valence-electron chi connectivity index (χ3n) is 3.24. The highest BCUT2D eigenvalue weighted by atomic mass is 16.5. The van der Waals surface area contributed by atoms with E-state index in [4.69, 9.17) is 4.74 Å². The van der Waals surface area contributed by atoms with Gasteiger partial charge in [-0.3, -0.25) is 0 Å². The lowest BCUT2D eigenvalue weighted by Gasteiger charge is -2.20. The molecule has 0 bridgehead atoms. The number of aliphatic hydroxyl groups is 1. The predicted octanol–water partition coefficient (Wildman–Crippen LogP) is 2.15. The molecule has 0 fully saturated rings. The van der Waals surface area contributed by atoms with Crippen LogP contribution in [0.1, 0.15) is 25.0 Å². The van der Waals surface area contributed by atoms with E-state index in [0.29, 0.717) is 5.92 Å². The Bertz CT molecular complexity index is 364. The average Bonchev–Trinajstić information content (AvgIpc) is 2.34. The summed E-state index contributed by atoms with van der Waals surface area (Å²) in [5, 5.41) is 12.6. The molecule has 0 aliphatic rings. The van der Waals surface area contributed by atoms with E-state index in [1.807, 2.05) is 6.07 Å². The fourth-order valence-electron chi connectivity index (χ4n) is 2.01. The first kappa shape index (κ1) is 15.0. The van der Waals surface area contributed by atoms with Gasteiger partial charge >= 0.3 is 0 Å². The van der Waals surface area contributed by atoms with Crippen molar-refractivity contribution in [2.75, 3.05) is 20.3 Å². The minimum atomic E-state index is 0.167. The van der Waals surface area contributed by atoms with E-state index in [1.54, 1.807) is 7.11 Å². The van der Waals surface area contributed by atoms with Crippen LogP contribution in [0, 0.1) is 12.8 Å². The van der Waals surface area contributed by atoms with E-state index < -0.39 is 0 Å². The van der Waals surface area contributed by atoms with Crippen molar-refractivity contribution in [3.8, 4) is 5.75 Å². The van der Waals surface area contributed by atoms with Crippen molar-refractivity contribution in [1.29, 1.82) is 0 Å². The highest BCUT2D eigenvalue weighted by molar-refractivity contribution is 5.37. The molecule has 0 heterocycles. The number of nitrogens with one attached hydrogen (secondary N) is 1. The van der Waals surface area contributed by atoms with Crippen molar-refractivity contribution >= 4 is 0 Å². The number of ether oxygens (including phenoxy) is 1. The zero-order valence-electron chi connectivity index (χ0n) is 11.9. The van der Waals surface area contributed by atoms with Crippen LogP contribution in [0.4, 0.5) is 0 Å². The molecule has 18 heavy (non-hydrogen) atoms. The van der Waals surface area contributed by atoms with Gasteiger partial charge in [-0.05, 0) is 37.4 Å². The number of hydrogen-bond donors (Lipinski definition) is 2. The number of hydrogen-bond acceptors (Lipinski definition) is 3. The Morgan fingerprint density at radius 1 is 1.33 bits per heavy atom. The zero-order chi connectivity index (χ0) is 13.5. The van der Waals surface area contributed by atoms with Crippen molar-refractivity contribution in [3.05, 3.63) is 29.3 Å². The van der Waals surface area contributed by atoms with Gasteiger partial charge in [0.25, 0.3) is 0 Å². The summed E-state index contributed by atoms with van der Waals surface area (Å²) in [5.41, 5.74) is 2.46. The van der Waals surface area contributed by atoms with Crippen LogP contribution >= 0.6 is 0 Å². The highest BCUT2D eigenvalue weighted by Crippen LogP contribution is 2.19. The first-order valence-corrected chi connectivity index (χ1v) is 6.56. The van der Waals surface area contributed by atoms with Crippen LogP contribution in [0.25, 0.3) is 0 Å². The number of aliphatic hydroxyl groups excluding tert-OH is 1. The molecule has 0 aliphatic carbocycles. The second kappa shape index (κ2) is 7.39. The van der Waals surface area contributed by atoms with Crippen molar-refractivity contribution in [2.24, 2.45) is 5.92 Å². The van der Waals surface area contributed by atoms with Crippen LogP contribution in [0.2, 0.25) is 0 Å². The molecule has 0 aromatic heterocycles. The molecule has 1 rings (SSSR count). The Morgan fingerprint density at radius 2 is 2.06 bits per heavy atom. The van der Waals surface area contributed by atoms with Crippen molar-refractivity contribution in [2.45, 2.75) is 33.2 Å². The predicted molar refractivity (Wildman–Crippen MR) is 75.1 cm³/mol. The van der Waals surface area contributed by atoms with Crippen molar-refractivity contribution in [3.63, 3.8) is 0 Å². The van der Waals surface area contributed by atoms with Gasteiger partial charge in [-0.2, -0.15) is 0 Å². The molecule has 1 aromatic carbocycles. The largest absolute Gasteiger partial charge is 0.496 e. The van der Waals surface area contributed by atoms with E-state index in [2.05, 4.69) is 38.2 Å². The molecule has 1 atom stereocenters. The van der Waals surface area contributed by atoms with Gasteiger partial charge in [0.15, 0.2) is 0 Å². The number of methoxy groups -OCH3 is 1. The lowest BCUT2D eigenvalue weighted by atomic mass is 10.0. The Balaban J connectivity index is 2.55. The molecule has 0 aliphatic heterocycles. The average molecular weight is 251 g/mol. The van der Waals surface area contributed by atoms with Gasteiger partial charge in [0.1, 0.15) is 5.75 Å². The number of benzene rings is 1. The molecule has 1 aromatic rings. The molecule has 1 unspecified atom stereocenters. The Labute approximate surface area is 110 Å².